The van der Waals surface area contributed by atoms with Crippen LogP contribution in [0.3, 0.4) is 0 Å². The van der Waals surface area contributed by atoms with Gasteiger partial charge in [-0.05, 0) is 49.8 Å². The van der Waals surface area contributed by atoms with Gasteiger partial charge in [-0.3, -0.25) is 4.79 Å². The van der Waals surface area contributed by atoms with Crippen LogP contribution in [-0.2, 0) is 9.53 Å². The van der Waals surface area contributed by atoms with Crippen molar-refractivity contribution in [2.75, 3.05) is 6.61 Å². The molecule has 0 spiro atoms. The first-order valence-electron chi connectivity index (χ1n) is 6.81. The van der Waals surface area contributed by atoms with Crippen LogP contribution in [0.5, 0.6) is 0 Å². The molecule has 2 heterocycles. The second-order valence-electron chi connectivity index (χ2n) is 5.65. The van der Waals surface area contributed by atoms with Crippen LogP contribution in [0.25, 0.3) is 6.08 Å². The number of hydrogen-bond acceptors (Lipinski definition) is 4. The summed E-state index contributed by atoms with van der Waals surface area (Å²) in [6.07, 6.45) is 4.04. The maximum absolute atomic E-state index is 12.3. The van der Waals surface area contributed by atoms with E-state index in [1.54, 1.807) is 11.4 Å². The lowest BCUT2D eigenvalue weighted by atomic mass is 9.94. The molecule has 21 heavy (non-hydrogen) atoms. The van der Waals surface area contributed by atoms with Crippen LogP contribution < -0.4 is 5.32 Å². The summed E-state index contributed by atoms with van der Waals surface area (Å²) in [6.45, 7) is 4.66. The molecule has 2 rings (SSSR count). The largest absolute Gasteiger partial charge is 0.478 e. The summed E-state index contributed by atoms with van der Waals surface area (Å²) >= 11 is 1.31. The molecule has 0 bridgehead atoms. The first-order valence-corrected chi connectivity index (χ1v) is 7.69. The van der Waals surface area contributed by atoms with Crippen molar-refractivity contribution in [3.05, 3.63) is 28.0 Å². The molecule has 1 fully saturated rings. The van der Waals surface area contributed by atoms with Crippen LogP contribution in [0, 0.1) is 0 Å². The zero-order valence-corrected chi connectivity index (χ0v) is 12.9. The number of carboxylic acids is 1. The van der Waals surface area contributed by atoms with Gasteiger partial charge < -0.3 is 15.2 Å². The minimum absolute atomic E-state index is 0.0830. The smallest absolute Gasteiger partial charge is 0.328 e. The Kier molecular flexibility index (Phi) is 4.80. The van der Waals surface area contributed by atoms with Crippen LogP contribution in [0.4, 0.5) is 0 Å². The number of thiophene rings is 1. The van der Waals surface area contributed by atoms with Crippen LogP contribution in [0.2, 0.25) is 0 Å². The summed E-state index contributed by atoms with van der Waals surface area (Å²) in [5.41, 5.74) is 0.406. The van der Waals surface area contributed by atoms with Gasteiger partial charge in [0.1, 0.15) is 0 Å². The number of carbonyl (C=O) groups is 2. The Morgan fingerprint density at radius 1 is 1.52 bits per heavy atom. The van der Waals surface area contributed by atoms with Gasteiger partial charge in [-0.15, -0.1) is 11.3 Å². The highest BCUT2D eigenvalue weighted by atomic mass is 32.1. The molecule has 114 valence electrons. The fourth-order valence-corrected chi connectivity index (χ4v) is 3.19. The molecule has 1 aromatic rings. The summed E-state index contributed by atoms with van der Waals surface area (Å²) in [4.78, 5) is 23.4. The average molecular weight is 309 g/mol. The van der Waals surface area contributed by atoms with Crippen molar-refractivity contribution in [1.82, 2.24) is 5.32 Å². The molecular weight excluding hydrogens is 290 g/mol. The molecule has 0 saturated carbocycles. The summed E-state index contributed by atoms with van der Waals surface area (Å²) in [7, 11) is 0. The van der Waals surface area contributed by atoms with E-state index in [2.05, 4.69) is 5.32 Å². The van der Waals surface area contributed by atoms with Crippen molar-refractivity contribution in [2.24, 2.45) is 0 Å². The maximum atomic E-state index is 12.3. The van der Waals surface area contributed by atoms with Gasteiger partial charge in [-0.2, -0.15) is 0 Å². The molecule has 1 unspecified atom stereocenters. The predicted molar refractivity (Wildman–Crippen MR) is 81.5 cm³/mol. The molecule has 2 N–H and O–H groups in total. The van der Waals surface area contributed by atoms with Crippen LogP contribution in [-0.4, -0.2) is 35.2 Å². The normalized spacial score (nSPS) is 21.3. The Labute approximate surface area is 127 Å². The molecule has 1 aromatic heterocycles. The minimum Gasteiger partial charge on any atom is -0.478 e. The second kappa shape index (κ2) is 6.41. The van der Waals surface area contributed by atoms with Crippen molar-refractivity contribution in [3.63, 3.8) is 0 Å². The van der Waals surface area contributed by atoms with Crippen molar-refractivity contribution in [1.29, 1.82) is 0 Å². The third-order valence-electron chi connectivity index (χ3n) is 3.34. The monoisotopic (exact) mass is 309 g/mol. The molecule has 1 saturated heterocycles. The van der Waals surface area contributed by atoms with E-state index in [1.165, 1.54) is 17.4 Å². The lowest BCUT2D eigenvalue weighted by Gasteiger charge is -2.35. The van der Waals surface area contributed by atoms with Crippen LogP contribution >= 0.6 is 11.3 Å². The highest BCUT2D eigenvalue weighted by Crippen LogP contribution is 2.25. The van der Waals surface area contributed by atoms with E-state index < -0.39 is 5.97 Å². The zero-order chi connectivity index (χ0) is 15.5. The van der Waals surface area contributed by atoms with Crippen LogP contribution in [0.1, 0.15) is 41.9 Å². The van der Waals surface area contributed by atoms with E-state index in [1.807, 2.05) is 13.8 Å². The summed E-state index contributed by atoms with van der Waals surface area (Å²) in [5, 5.41) is 13.5. The quantitative estimate of drug-likeness (QED) is 0.838. The van der Waals surface area contributed by atoms with Crippen molar-refractivity contribution >= 4 is 29.3 Å². The molecule has 5 nitrogen and oxygen atoms in total. The van der Waals surface area contributed by atoms with E-state index >= 15 is 0 Å². The summed E-state index contributed by atoms with van der Waals surface area (Å²) < 4.78 is 5.63. The number of carbonyl (C=O) groups excluding carboxylic acids is 1. The molecule has 1 aliphatic rings. The lowest BCUT2D eigenvalue weighted by molar-refractivity contribution is -0.131. The Bertz CT molecular complexity index is 562. The fraction of sp³-hybridized carbons (Fsp3) is 0.467. The van der Waals surface area contributed by atoms with Gasteiger partial charge in [-0.1, -0.05) is 0 Å². The number of hydrogen-bond donors (Lipinski definition) is 2. The number of carboxylic acid groups (broad SMARTS) is 1. The molecule has 0 radical (unpaired) electrons. The summed E-state index contributed by atoms with van der Waals surface area (Å²) in [5.74, 6) is -1.18. The highest BCUT2D eigenvalue weighted by molar-refractivity contribution is 7.12. The molecule has 6 heteroatoms. The van der Waals surface area contributed by atoms with E-state index in [9.17, 15) is 9.59 Å². The topological polar surface area (TPSA) is 75.6 Å². The molecular formula is C15H19NO4S. The average Bonchev–Trinajstić information content (AvgIpc) is 2.83. The van der Waals surface area contributed by atoms with Gasteiger partial charge in [0.05, 0.1) is 10.5 Å². The van der Waals surface area contributed by atoms with Crippen molar-refractivity contribution in [2.45, 2.75) is 38.3 Å². The van der Waals surface area contributed by atoms with E-state index in [4.69, 9.17) is 9.84 Å². The molecule has 0 aromatic carbocycles. The second-order valence-corrected chi connectivity index (χ2v) is 6.56. The van der Waals surface area contributed by atoms with Crippen molar-refractivity contribution in [3.8, 4) is 0 Å². The summed E-state index contributed by atoms with van der Waals surface area (Å²) in [6, 6.07) is 1.83. The van der Waals surface area contributed by atoms with Gasteiger partial charge in [-0.25, -0.2) is 4.79 Å². The third kappa shape index (κ3) is 4.41. The van der Waals surface area contributed by atoms with Gasteiger partial charge in [0, 0.05) is 18.7 Å². The molecule has 1 aliphatic heterocycles. The van der Waals surface area contributed by atoms with Gasteiger partial charge >= 0.3 is 5.97 Å². The Morgan fingerprint density at radius 3 is 2.95 bits per heavy atom. The predicted octanol–water partition coefficient (Wildman–Crippen LogP) is 2.53. The molecule has 1 amide bonds. The number of nitrogens with one attached hydrogen (secondary N) is 1. The SMILES string of the molecule is CC1(C)CC(NC(=O)c2sccc2/C=C/C(=O)O)CCO1. The van der Waals surface area contributed by atoms with Gasteiger partial charge in [0.2, 0.25) is 0 Å². The highest BCUT2D eigenvalue weighted by Gasteiger charge is 2.30. The van der Waals surface area contributed by atoms with E-state index in [-0.39, 0.29) is 17.6 Å². The molecule has 1 atom stereocenters. The van der Waals surface area contributed by atoms with Crippen molar-refractivity contribution < 1.29 is 19.4 Å². The van der Waals surface area contributed by atoms with Gasteiger partial charge in [0.25, 0.3) is 5.91 Å². The zero-order valence-electron chi connectivity index (χ0n) is 12.1. The number of rotatable bonds is 4. The van der Waals surface area contributed by atoms with Crippen LogP contribution in [0.15, 0.2) is 17.5 Å². The number of aliphatic carboxylic acids is 1. The lowest BCUT2D eigenvalue weighted by Crippen LogP contribution is -2.45. The number of amides is 1. The van der Waals surface area contributed by atoms with Gasteiger partial charge in [0.15, 0.2) is 0 Å². The third-order valence-corrected chi connectivity index (χ3v) is 4.27. The standard InChI is InChI=1S/C15H19NO4S/c1-15(2)9-11(5-7-20-15)16-14(19)13-10(6-8-21-13)3-4-12(17)18/h3-4,6,8,11H,5,7,9H2,1-2H3,(H,16,19)(H,17,18)/b4-3+. The first-order chi connectivity index (χ1) is 9.87. The minimum atomic E-state index is -1.03. The Hall–Kier alpha value is -1.66. The van der Waals surface area contributed by atoms with E-state index in [0.29, 0.717) is 17.0 Å². The fourth-order valence-electron chi connectivity index (χ4n) is 2.40. The number of ether oxygens (including phenoxy) is 1. The first kappa shape index (κ1) is 15.7. The van der Waals surface area contributed by atoms with E-state index in [0.717, 1.165) is 18.9 Å². The molecule has 0 aliphatic carbocycles. The Morgan fingerprint density at radius 2 is 2.29 bits per heavy atom. The maximum Gasteiger partial charge on any atom is 0.328 e. The Balaban J connectivity index is 2.04.